The molecule has 0 amide bonds. The highest BCUT2D eigenvalue weighted by atomic mass is 35.5. The van der Waals surface area contributed by atoms with Crippen LogP contribution in [-0.2, 0) is 0 Å². The fourth-order valence-corrected chi connectivity index (χ4v) is 4.48. The van der Waals surface area contributed by atoms with Gasteiger partial charge < -0.3 is 0 Å². The normalized spacial score (nSPS) is 11.3. The minimum atomic E-state index is -2.50. The number of fused-ring (bicyclic) bond motifs is 1. The Morgan fingerprint density at radius 3 is 1.15 bits per heavy atom. The van der Waals surface area contributed by atoms with Gasteiger partial charge in [0.15, 0.2) is 46.5 Å². The average molecular weight is 505 g/mol. The Labute approximate surface area is 191 Å². The van der Waals surface area contributed by atoms with Gasteiger partial charge in [-0.3, -0.25) is 0 Å². The zero-order valence-corrected chi connectivity index (χ0v) is 17.4. The molecule has 0 saturated carbocycles. The van der Waals surface area contributed by atoms with Crippen molar-refractivity contribution in [2.45, 2.75) is 0 Å². The molecule has 0 bridgehead atoms. The largest absolute Gasteiger partial charge is 0.261 e. The Morgan fingerprint density at radius 2 is 0.818 bits per heavy atom. The van der Waals surface area contributed by atoms with E-state index in [4.69, 9.17) is 23.2 Å². The number of rotatable bonds is 3. The molecular formula is C22H7BCl2F8. The van der Waals surface area contributed by atoms with Crippen molar-refractivity contribution in [2.24, 2.45) is 0 Å². The van der Waals surface area contributed by atoms with E-state index in [1.54, 1.807) is 6.07 Å². The Hall–Kier alpha value is -2.78. The summed E-state index contributed by atoms with van der Waals surface area (Å²) in [5.41, 5.74) is -3.47. The maximum Gasteiger partial charge on any atom is 0.261 e. The minimum absolute atomic E-state index is 0.130. The van der Waals surface area contributed by atoms with Gasteiger partial charge in [-0.15, -0.1) is 0 Å². The summed E-state index contributed by atoms with van der Waals surface area (Å²) in [6.45, 7) is -2.50. The highest BCUT2D eigenvalue weighted by Gasteiger charge is 2.41. The van der Waals surface area contributed by atoms with Crippen LogP contribution in [0.25, 0.3) is 11.1 Å². The monoisotopic (exact) mass is 504 g/mol. The highest BCUT2D eigenvalue weighted by molar-refractivity contribution is 6.98. The number of benzene rings is 2. The molecule has 0 spiro atoms. The first kappa shape index (κ1) is 23.4. The van der Waals surface area contributed by atoms with Crippen LogP contribution in [-0.4, -0.2) is 6.71 Å². The minimum Gasteiger partial charge on any atom is -0.204 e. The van der Waals surface area contributed by atoms with Crippen molar-refractivity contribution in [3.8, 4) is 11.1 Å². The van der Waals surface area contributed by atoms with Gasteiger partial charge in [0.05, 0.1) is 0 Å². The lowest BCUT2D eigenvalue weighted by Crippen LogP contribution is -2.58. The highest BCUT2D eigenvalue weighted by Crippen LogP contribution is 2.37. The van der Waals surface area contributed by atoms with Crippen molar-refractivity contribution >= 4 is 46.3 Å². The van der Waals surface area contributed by atoms with Gasteiger partial charge in [-0.25, -0.2) is 35.1 Å². The Kier molecular flexibility index (Phi) is 6.05. The molecule has 0 aromatic heterocycles. The second-order valence-electron chi connectivity index (χ2n) is 6.98. The lowest BCUT2D eigenvalue weighted by Gasteiger charge is -2.19. The molecule has 11 heteroatoms. The van der Waals surface area contributed by atoms with Crippen LogP contribution < -0.4 is 16.4 Å². The molecule has 4 rings (SSSR count). The van der Waals surface area contributed by atoms with Crippen LogP contribution >= 0.6 is 23.2 Å². The summed E-state index contributed by atoms with van der Waals surface area (Å²) in [5.74, 6) is -15.9. The van der Waals surface area contributed by atoms with Gasteiger partial charge in [-0.1, -0.05) is 53.5 Å². The molecule has 0 N–H and O–H groups in total. The summed E-state index contributed by atoms with van der Waals surface area (Å²) in [6, 6.07) is 7.12. The predicted octanol–water partition coefficient (Wildman–Crippen LogP) is 5.73. The summed E-state index contributed by atoms with van der Waals surface area (Å²) in [6.07, 6.45) is 0. The van der Waals surface area contributed by atoms with Crippen LogP contribution in [0.4, 0.5) is 35.1 Å². The van der Waals surface area contributed by atoms with Gasteiger partial charge >= 0.3 is 0 Å². The summed E-state index contributed by atoms with van der Waals surface area (Å²) in [7, 11) is 0. The summed E-state index contributed by atoms with van der Waals surface area (Å²) in [5, 5.41) is -0.800. The van der Waals surface area contributed by atoms with Gasteiger partial charge in [0.25, 0.3) is 6.71 Å². The number of halogens is 10. The van der Waals surface area contributed by atoms with Crippen molar-refractivity contribution < 1.29 is 35.1 Å². The van der Waals surface area contributed by atoms with Gasteiger partial charge in [0.2, 0.25) is 0 Å². The second kappa shape index (κ2) is 8.54. The van der Waals surface area contributed by atoms with Crippen molar-refractivity contribution in [1.82, 2.24) is 0 Å². The molecule has 0 fully saturated rings. The van der Waals surface area contributed by atoms with Crippen LogP contribution in [0.5, 0.6) is 0 Å². The van der Waals surface area contributed by atoms with Gasteiger partial charge in [0, 0.05) is 44.2 Å². The van der Waals surface area contributed by atoms with E-state index in [0.29, 0.717) is 0 Å². The van der Waals surface area contributed by atoms with Crippen molar-refractivity contribution in [1.29, 1.82) is 0 Å². The molecule has 0 atom stereocenters. The van der Waals surface area contributed by atoms with Crippen LogP contribution in [0.2, 0.25) is 10.0 Å². The SMILES string of the molecule is Fc1cc(F)c(F)c(B(c2c(F)c(F)cc(F)c2F)c2c(Cl)c3cccccc-3c2Cl)c1F. The summed E-state index contributed by atoms with van der Waals surface area (Å²) >= 11 is 12.7. The van der Waals surface area contributed by atoms with E-state index >= 15 is 0 Å². The van der Waals surface area contributed by atoms with E-state index in [1.807, 2.05) is 0 Å². The quantitative estimate of drug-likeness (QED) is 0.190. The van der Waals surface area contributed by atoms with E-state index in [2.05, 4.69) is 0 Å². The zero-order chi connectivity index (χ0) is 24.2. The number of hydrogen-bond acceptors (Lipinski definition) is 0. The van der Waals surface area contributed by atoms with Crippen LogP contribution in [0, 0.1) is 46.5 Å². The molecule has 2 aliphatic carbocycles. The van der Waals surface area contributed by atoms with Crippen molar-refractivity contribution in [2.75, 3.05) is 0 Å². The first-order chi connectivity index (χ1) is 15.6. The van der Waals surface area contributed by atoms with Crippen LogP contribution in [0.15, 0.2) is 42.5 Å². The maximum atomic E-state index is 14.8. The first-order valence-electron chi connectivity index (χ1n) is 9.07. The molecule has 0 saturated heterocycles. The van der Waals surface area contributed by atoms with Gasteiger partial charge in [-0.2, -0.15) is 0 Å². The molecule has 0 aliphatic heterocycles. The fraction of sp³-hybridized carbons (Fsp3) is 0. The van der Waals surface area contributed by atoms with Crippen LogP contribution in [0.1, 0.15) is 0 Å². The van der Waals surface area contributed by atoms with Crippen molar-refractivity contribution in [3.63, 3.8) is 0 Å². The van der Waals surface area contributed by atoms with E-state index < -0.39 is 79.7 Å². The predicted molar refractivity (Wildman–Crippen MR) is 110 cm³/mol. The molecule has 168 valence electrons. The Morgan fingerprint density at radius 1 is 0.485 bits per heavy atom. The smallest absolute Gasteiger partial charge is 0.204 e. The molecule has 2 aliphatic rings. The fourth-order valence-electron chi connectivity index (χ4n) is 3.69. The van der Waals surface area contributed by atoms with Gasteiger partial charge in [0.1, 0.15) is 0 Å². The lowest BCUT2D eigenvalue weighted by molar-refractivity contribution is 0.460. The Bertz CT molecular complexity index is 1240. The third-order valence-electron chi connectivity index (χ3n) is 5.14. The molecular weight excluding hydrogens is 498 g/mol. The molecule has 2 aromatic carbocycles. The molecule has 0 unspecified atom stereocenters. The van der Waals surface area contributed by atoms with Crippen LogP contribution in [0.3, 0.4) is 0 Å². The lowest BCUT2D eigenvalue weighted by atomic mass is 9.36. The topological polar surface area (TPSA) is 0 Å². The Balaban J connectivity index is 2.24. The standard InChI is InChI=1S/C22H7BCl2F8/c24-17-8-4-2-1-3-5-9(8)18(25)14(17)23(15-19(30)10(26)6-11(27)20(15)31)16-21(32)12(28)7-13(29)22(16)33/h1-7H. The molecule has 33 heavy (non-hydrogen) atoms. The molecule has 0 nitrogen and oxygen atoms in total. The first-order valence-corrected chi connectivity index (χ1v) is 9.83. The van der Waals surface area contributed by atoms with E-state index in [0.717, 1.165) is 0 Å². The molecule has 0 heterocycles. The maximum absolute atomic E-state index is 14.8. The zero-order valence-electron chi connectivity index (χ0n) is 15.9. The van der Waals surface area contributed by atoms with Crippen molar-refractivity contribution in [3.05, 3.63) is 99.0 Å². The average Bonchev–Trinajstić information content (AvgIpc) is 2.93. The molecule has 0 radical (unpaired) electrons. The molecule has 2 aromatic rings. The van der Waals surface area contributed by atoms with E-state index in [1.165, 1.54) is 24.3 Å². The summed E-state index contributed by atoms with van der Waals surface area (Å²) < 4.78 is 115. The number of hydrogen-bond donors (Lipinski definition) is 0. The second-order valence-corrected chi connectivity index (χ2v) is 7.73. The van der Waals surface area contributed by atoms with Gasteiger partial charge in [-0.05, 0) is 5.46 Å². The summed E-state index contributed by atoms with van der Waals surface area (Å²) in [4.78, 5) is 0. The third-order valence-corrected chi connectivity index (χ3v) is 5.96. The third kappa shape index (κ3) is 3.63. The van der Waals surface area contributed by atoms with E-state index in [-0.39, 0.29) is 23.3 Å². The van der Waals surface area contributed by atoms with E-state index in [9.17, 15) is 35.1 Å².